The molecule has 0 atom stereocenters. The fraction of sp³-hybridized carbons (Fsp3) is 0.333. The van der Waals surface area contributed by atoms with Gasteiger partial charge >= 0.3 is 0 Å². The average molecular weight is 397 g/mol. The zero-order valence-electron chi connectivity index (χ0n) is 16.0. The van der Waals surface area contributed by atoms with Crippen molar-refractivity contribution in [3.63, 3.8) is 0 Å². The van der Waals surface area contributed by atoms with Crippen LogP contribution in [0.5, 0.6) is 5.75 Å². The molecular weight excluding hydrogens is 372 g/mol. The average Bonchev–Trinajstić information content (AvgIpc) is 3.04. The highest BCUT2D eigenvalue weighted by molar-refractivity contribution is 7.71. The minimum atomic E-state index is 0.347. The van der Waals surface area contributed by atoms with E-state index in [1.54, 1.807) is 0 Å². The molecule has 0 saturated carbocycles. The van der Waals surface area contributed by atoms with Gasteiger partial charge in [0.2, 0.25) is 4.77 Å². The minimum absolute atomic E-state index is 0.347. The van der Waals surface area contributed by atoms with Crippen LogP contribution in [0.3, 0.4) is 0 Å². The Labute approximate surface area is 169 Å². The second-order valence-corrected chi connectivity index (χ2v) is 7.16. The van der Waals surface area contributed by atoms with Gasteiger partial charge in [-0.25, -0.2) is 4.68 Å². The third kappa shape index (κ3) is 4.16. The molecule has 7 heteroatoms. The monoisotopic (exact) mass is 396 g/mol. The molecule has 28 heavy (non-hydrogen) atoms. The van der Waals surface area contributed by atoms with Crippen LogP contribution in [0.2, 0.25) is 0 Å². The summed E-state index contributed by atoms with van der Waals surface area (Å²) in [5, 5.41) is 4.79. The van der Waals surface area contributed by atoms with Gasteiger partial charge in [-0.1, -0.05) is 36.4 Å². The van der Waals surface area contributed by atoms with Crippen molar-refractivity contribution in [2.45, 2.75) is 20.2 Å². The molecule has 0 aliphatic carbocycles. The summed E-state index contributed by atoms with van der Waals surface area (Å²) in [4.78, 5) is 2.30. The lowest BCUT2D eigenvalue weighted by molar-refractivity contribution is 0.0209. The number of hydrogen-bond donors (Lipinski definition) is 0. The lowest BCUT2D eigenvalue weighted by atomic mass is 10.2. The van der Waals surface area contributed by atoms with Gasteiger partial charge in [0.1, 0.15) is 12.4 Å². The highest BCUT2D eigenvalue weighted by Crippen LogP contribution is 2.19. The molecule has 0 N–H and O–H groups in total. The predicted molar refractivity (Wildman–Crippen MR) is 110 cm³/mol. The van der Waals surface area contributed by atoms with Crippen LogP contribution in [0.15, 0.2) is 54.6 Å². The number of benzene rings is 2. The van der Waals surface area contributed by atoms with E-state index in [0.29, 0.717) is 18.0 Å². The number of hydrogen-bond acceptors (Lipinski definition) is 5. The quantitative estimate of drug-likeness (QED) is 0.596. The number of aryl methyl sites for hydroxylation is 1. The van der Waals surface area contributed by atoms with Crippen LogP contribution in [-0.2, 0) is 18.0 Å². The lowest BCUT2D eigenvalue weighted by Crippen LogP contribution is -2.37. The summed E-state index contributed by atoms with van der Waals surface area (Å²) >= 11 is 5.77. The molecular formula is C21H24N4O2S. The normalized spacial score (nSPS) is 14.9. The Balaban J connectivity index is 1.64. The minimum Gasteiger partial charge on any atom is -0.485 e. The maximum Gasteiger partial charge on any atom is 0.203 e. The van der Waals surface area contributed by atoms with Gasteiger partial charge in [0.25, 0.3) is 0 Å². The first-order chi connectivity index (χ1) is 13.7. The molecule has 0 bridgehead atoms. The van der Waals surface area contributed by atoms with Crippen LogP contribution in [0.1, 0.15) is 11.4 Å². The van der Waals surface area contributed by atoms with Crippen molar-refractivity contribution in [3.8, 4) is 11.4 Å². The molecule has 3 aromatic rings. The molecule has 4 rings (SSSR count). The molecule has 2 heterocycles. The first-order valence-electron chi connectivity index (χ1n) is 9.45. The summed E-state index contributed by atoms with van der Waals surface area (Å²) in [6.07, 6.45) is 0. The predicted octanol–water partition coefficient (Wildman–Crippen LogP) is 3.58. The molecule has 0 unspecified atom stereocenters. The Morgan fingerprint density at radius 3 is 2.50 bits per heavy atom. The number of morpholine rings is 1. The fourth-order valence-corrected chi connectivity index (χ4v) is 3.58. The van der Waals surface area contributed by atoms with Crippen molar-refractivity contribution in [2.24, 2.45) is 0 Å². The summed E-state index contributed by atoms with van der Waals surface area (Å²) in [6.45, 7) is 6.30. The van der Waals surface area contributed by atoms with Crippen LogP contribution < -0.4 is 4.74 Å². The van der Waals surface area contributed by atoms with E-state index >= 15 is 0 Å². The first kappa shape index (κ1) is 18.9. The maximum absolute atomic E-state index is 6.07. The van der Waals surface area contributed by atoms with Gasteiger partial charge < -0.3 is 9.47 Å². The van der Waals surface area contributed by atoms with Crippen molar-refractivity contribution >= 4 is 12.2 Å². The molecule has 1 fully saturated rings. The molecule has 1 saturated heterocycles. The summed E-state index contributed by atoms with van der Waals surface area (Å²) < 4.78 is 16.0. The highest BCUT2D eigenvalue weighted by atomic mass is 32.1. The van der Waals surface area contributed by atoms with E-state index in [1.165, 1.54) is 0 Å². The second kappa shape index (κ2) is 8.68. The third-order valence-electron chi connectivity index (χ3n) is 4.81. The SMILES string of the molecule is Cc1ccccc1OCc1nn(CN2CCOCC2)c(=S)n1-c1ccccc1. The van der Waals surface area contributed by atoms with E-state index in [9.17, 15) is 0 Å². The smallest absolute Gasteiger partial charge is 0.203 e. The molecule has 1 aromatic heterocycles. The van der Waals surface area contributed by atoms with Crippen molar-refractivity contribution < 1.29 is 9.47 Å². The Hall–Kier alpha value is -2.48. The van der Waals surface area contributed by atoms with E-state index in [1.807, 2.05) is 70.8 Å². The molecule has 6 nitrogen and oxygen atoms in total. The summed E-state index contributed by atoms with van der Waals surface area (Å²) in [7, 11) is 0. The van der Waals surface area contributed by atoms with Crippen LogP contribution in [0, 0.1) is 11.7 Å². The zero-order chi connectivity index (χ0) is 19.3. The van der Waals surface area contributed by atoms with E-state index < -0.39 is 0 Å². The van der Waals surface area contributed by atoms with Crippen LogP contribution in [0.4, 0.5) is 0 Å². The molecule has 0 amide bonds. The van der Waals surface area contributed by atoms with Crippen molar-refractivity contribution in [3.05, 3.63) is 70.8 Å². The summed E-state index contributed by atoms with van der Waals surface area (Å²) in [6, 6.07) is 18.1. The van der Waals surface area contributed by atoms with E-state index in [0.717, 1.165) is 49.1 Å². The first-order valence-corrected chi connectivity index (χ1v) is 9.86. The summed E-state index contributed by atoms with van der Waals surface area (Å²) in [5.41, 5.74) is 2.09. The lowest BCUT2D eigenvalue weighted by Gasteiger charge is -2.26. The Morgan fingerprint density at radius 1 is 1.04 bits per heavy atom. The van der Waals surface area contributed by atoms with E-state index in [-0.39, 0.29) is 0 Å². The number of nitrogens with zero attached hydrogens (tertiary/aromatic N) is 4. The van der Waals surface area contributed by atoms with Crippen LogP contribution >= 0.6 is 12.2 Å². The Bertz CT molecular complexity index is 978. The standard InChI is InChI=1S/C21H24N4O2S/c1-17-7-5-6-10-19(17)27-15-20-22-24(16-23-11-13-26-14-12-23)21(28)25(20)18-8-3-2-4-9-18/h2-10H,11-16H2,1H3. The van der Waals surface area contributed by atoms with Crippen molar-refractivity contribution in [2.75, 3.05) is 26.3 Å². The molecule has 0 radical (unpaired) electrons. The molecule has 1 aliphatic rings. The zero-order valence-corrected chi connectivity index (χ0v) is 16.8. The highest BCUT2D eigenvalue weighted by Gasteiger charge is 2.17. The van der Waals surface area contributed by atoms with Gasteiger partial charge in [0, 0.05) is 18.8 Å². The third-order valence-corrected chi connectivity index (χ3v) is 5.20. The topological polar surface area (TPSA) is 44.4 Å². The summed E-state index contributed by atoms with van der Waals surface area (Å²) in [5.74, 6) is 1.64. The molecule has 1 aliphatic heterocycles. The van der Waals surface area contributed by atoms with Crippen LogP contribution in [0.25, 0.3) is 5.69 Å². The Kier molecular flexibility index (Phi) is 5.85. The van der Waals surface area contributed by atoms with Crippen molar-refractivity contribution in [1.29, 1.82) is 0 Å². The van der Waals surface area contributed by atoms with Gasteiger partial charge in [-0.15, -0.1) is 0 Å². The van der Waals surface area contributed by atoms with Crippen LogP contribution in [-0.4, -0.2) is 45.6 Å². The molecule has 146 valence electrons. The van der Waals surface area contributed by atoms with Gasteiger partial charge in [0.15, 0.2) is 5.82 Å². The van der Waals surface area contributed by atoms with E-state index in [2.05, 4.69) is 4.90 Å². The van der Waals surface area contributed by atoms with Gasteiger partial charge in [0.05, 0.1) is 19.9 Å². The fourth-order valence-electron chi connectivity index (χ4n) is 3.27. The largest absolute Gasteiger partial charge is 0.485 e. The molecule has 2 aromatic carbocycles. The van der Waals surface area contributed by atoms with E-state index in [4.69, 9.17) is 26.8 Å². The second-order valence-electron chi connectivity index (χ2n) is 6.80. The van der Waals surface area contributed by atoms with Gasteiger partial charge in [-0.3, -0.25) is 9.47 Å². The number of para-hydroxylation sites is 2. The maximum atomic E-state index is 6.07. The Morgan fingerprint density at radius 2 is 1.75 bits per heavy atom. The number of rotatable bonds is 6. The molecule has 0 spiro atoms. The number of aromatic nitrogens is 3. The van der Waals surface area contributed by atoms with Gasteiger partial charge in [-0.2, -0.15) is 5.10 Å². The van der Waals surface area contributed by atoms with Crippen molar-refractivity contribution in [1.82, 2.24) is 19.2 Å². The number of ether oxygens (including phenoxy) is 2. The van der Waals surface area contributed by atoms with Gasteiger partial charge in [-0.05, 0) is 42.9 Å².